The van der Waals surface area contributed by atoms with Gasteiger partial charge in [-0.3, -0.25) is 0 Å². The highest BCUT2D eigenvalue weighted by Crippen LogP contribution is 1.52. The van der Waals surface area contributed by atoms with Gasteiger partial charge in [-0.25, -0.2) is 0 Å². The highest BCUT2D eigenvalue weighted by atomic mass is 16.5. The molecular formula is C3H8O. The summed E-state index contributed by atoms with van der Waals surface area (Å²) >= 11 is 0. The molecule has 0 aliphatic heterocycles. The van der Waals surface area contributed by atoms with Gasteiger partial charge < -0.3 is 4.74 Å². The van der Waals surface area contributed by atoms with Crippen LogP contribution in [0.3, 0.4) is 0 Å². The summed E-state index contributed by atoms with van der Waals surface area (Å²) in [5.41, 5.74) is 0. The molecule has 0 fully saturated rings. The van der Waals surface area contributed by atoms with E-state index in [9.17, 15) is 0 Å². The maximum absolute atomic E-state index is 6.42. The molecule has 1 nitrogen and oxygen atoms in total. The zero-order valence-corrected chi connectivity index (χ0v) is 2.69. The maximum Gasteiger partial charge on any atom is 0.0530 e. The summed E-state index contributed by atoms with van der Waals surface area (Å²) < 4.78 is 17.2. The summed E-state index contributed by atoms with van der Waals surface area (Å²) in [6.07, 6.45) is 0. The van der Waals surface area contributed by atoms with E-state index in [1.54, 1.807) is 6.92 Å². The third-order valence-corrected chi connectivity index (χ3v) is 0.167. The number of rotatable bonds is 1. The average Bonchev–Trinajstić information content (AvgIpc) is 1.35. The Hall–Kier alpha value is -0.0400. The minimum atomic E-state index is -1.10. The predicted molar refractivity (Wildman–Crippen MR) is 17.6 cm³/mol. The van der Waals surface area contributed by atoms with Crippen LogP contribution in [-0.4, -0.2) is 13.7 Å². The highest BCUT2D eigenvalue weighted by molar-refractivity contribution is 3.94. The molecule has 1 atom stereocenters. The Kier molecular flexibility index (Phi) is 1.04. The fourth-order valence-corrected chi connectivity index (χ4v) is 0. The molecule has 0 aromatic carbocycles. The molecule has 4 heavy (non-hydrogen) atoms. The van der Waals surface area contributed by atoms with Crippen LogP contribution in [0, 0.1) is 0 Å². The van der Waals surface area contributed by atoms with Crippen molar-refractivity contribution >= 4 is 0 Å². The monoisotopic (exact) mass is 63.1 g/mol. The Morgan fingerprint density at radius 3 is 3.50 bits per heavy atom. The van der Waals surface area contributed by atoms with E-state index >= 15 is 0 Å². The first-order valence-corrected chi connectivity index (χ1v) is 1.23. The van der Waals surface area contributed by atoms with Gasteiger partial charge in [-0.2, -0.15) is 0 Å². The van der Waals surface area contributed by atoms with Gasteiger partial charge in [0, 0.05) is 13.7 Å². The molecule has 0 spiro atoms. The van der Waals surface area contributed by atoms with Crippen molar-refractivity contribution in [2.75, 3.05) is 13.7 Å². The molecule has 0 rings (SSSR count). The number of hydrogen-bond acceptors (Lipinski definition) is 1. The van der Waals surface area contributed by atoms with Crippen LogP contribution in [0.4, 0.5) is 0 Å². The van der Waals surface area contributed by atoms with Crippen molar-refractivity contribution in [1.82, 2.24) is 0 Å². The summed E-state index contributed by atoms with van der Waals surface area (Å²) in [6.45, 7) is 2.22. The van der Waals surface area contributed by atoms with Crippen molar-refractivity contribution in [2.24, 2.45) is 0 Å². The first-order chi connectivity index (χ1) is 2.77. The SMILES string of the molecule is [2H]C([3H])OCC. The smallest absolute Gasteiger partial charge is 0.0530 e. The van der Waals surface area contributed by atoms with Gasteiger partial charge in [0.1, 0.15) is 0 Å². The minimum Gasteiger partial charge on any atom is -0.385 e. The second kappa shape index (κ2) is 2.96. The van der Waals surface area contributed by atoms with Gasteiger partial charge in [-0.05, 0) is 6.92 Å². The van der Waals surface area contributed by atoms with Crippen LogP contribution < -0.4 is 0 Å². The normalized spacial score (nSPS) is 22.2. The third kappa shape index (κ3) is 1.96. The lowest BCUT2D eigenvalue weighted by molar-refractivity contribution is 0.215. The van der Waals surface area contributed by atoms with E-state index in [0.29, 0.717) is 6.61 Å². The summed E-state index contributed by atoms with van der Waals surface area (Å²) in [7, 11) is -1.10. The van der Waals surface area contributed by atoms with E-state index < -0.39 is 7.06 Å². The van der Waals surface area contributed by atoms with E-state index in [-0.39, 0.29) is 0 Å². The van der Waals surface area contributed by atoms with E-state index in [1.807, 2.05) is 0 Å². The van der Waals surface area contributed by atoms with Crippen molar-refractivity contribution < 1.29 is 7.48 Å². The fraction of sp³-hybridized carbons (Fsp3) is 1.00. The van der Waals surface area contributed by atoms with Crippen LogP contribution in [0.5, 0.6) is 0 Å². The molecule has 1 unspecified atom stereocenters. The molecule has 0 amide bonds. The average molecular weight is 63.1 g/mol. The molecule has 0 saturated heterocycles. The van der Waals surface area contributed by atoms with Gasteiger partial charge in [0.25, 0.3) is 0 Å². The molecule has 1 heteroatoms. The predicted octanol–water partition coefficient (Wildman–Crippen LogP) is 0.653. The molecule has 0 heterocycles. The minimum absolute atomic E-state index is 0.456. The summed E-state index contributed by atoms with van der Waals surface area (Å²) in [5, 5.41) is 0. The lowest BCUT2D eigenvalue weighted by atomic mass is 10.9. The Morgan fingerprint density at radius 1 is 2.75 bits per heavy atom. The highest BCUT2D eigenvalue weighted by Gasteiger charge is 1.51. The van der Waals surface area contributed by atoms with Crippen molar-refractivity contribution in [3.05, 3.63) is 0 Å². The van der Waals surface area contributed by atoms with E-state index in [0.717, 1.165) is 0 Å². The molecule has 0 N–H and O–H groups in total. The van der Waals surface area contributed by atoms with Crippen LogP contribution in [0.25, 0.3) is 0 Å². The number of methoxy groups -OCH3 is 1. The second-order valence-electron chi connectivity index (χ2n) is 0.455. The van der Waals surface area contributed by atoms with Crippen LogP contribution in [0.2, 0.25) is 0 Å². The largest absolute Gasteiger partial charge is 0.385 e. The van der Waals surface area contributed by atoms with E-state index in [2.05, 4.69) is 4.74 Å². The van der Waals surface area contributed by atoms with Crippen LogP contribution >= 0.6 is 0 Å². The lowest BCUT2D eigenvalue weighted by Gasteiger charge is -1.76. The Labute approximate surface area is 29.4 Å². The van der Waals surface area contributed by atoms with Crippen LogP contribution in [0.15, 0.2) is 0 Å². The van der Waals surface area contributed by atoms with E-state index in [4.69, 9.17) is 2.74 Å². The molecule has 0 radical (unpaired) electrons. The summed E-state index contributed by atoms with van der Waals surface area (Å²) in [4.78, 5) is 0. The first kappa shape index (κ1) is 1.41. The van der Waals surface area contributed by atoms with E-state index in [1.165, 1.54) is 0 Å². The number of hydrogen-bond donors (Lipinski definition) is 0. The van der Waals surface area contributed by atoms with Crippen molar-refractivity contribution in [1.29, 1.82) is 0 Å². The number of ether oxygens (including phenoxy) is 1. The van der Waals surface area contributed by atoms with Gasteiger partial charge in [0.05, 0.1) is 2.74 Å². The molecule has 0 bridgehead atoms. The van der Waals surface area contributed by atoms with Gasteiger partial charge in [-0.1, -0.05) is 0 Å². The standard InChI is InChI=1S/C3H8O/c1-3-4-2/h3H2,1-2H3/i2TD. The van der Waals surface area contributed by atoms with Gasteiger partial charge >= 0.3 is 0 Å². The first-order valence-electron chi connectivity index (χ1n) is 2.39. The molecule has 26 valence electrons. The zero-order chi connectivity index (χ0) is 4.99. The lowest BCUT2D eigenvalue weighted by Crippen LogP contribution is -1.73. The molecule has 0 aromatic heterocycles. The van der Waals surface area contributed by atoms with Gasteiger partial charge in [0.2, 0.25) is 0 Å². The second-order valence-corrected chi connectivity index (χ2v) is 0.455. The Balaban J connectivity index is 2.63. The molecule has 0 aliphatic carbocycles. The topological polar surface area (TPSA) is 9.23 Å². The molecule has 0 aromatic rings. The van der Waals surface area contributed by atoms with Gasteiger partial charge in [-0.15, -0.1) is 0 Å². The van der Waals surface area contributed by atoms with Crippen molar-refractivity contribution in [3.63, 3.8) is 0 Å². The molecule has 0 aliphatic rings. The summed E-state index contributed by atoms with van der Waals surface area (Å²) in [6, 6.07) is 0. The van der Waals surface area contributed by atoms with Gasteiger partial charge in [0.15, 0.2) is 0 Å². The Morgan fingerprint density at radius 2 is 3.50 bits per heavy atom. The van der Waals surface area contributed by atoms with Crippen molar-refractivity contribution in [2.45, 2.75) is 6.92 Å². The maximum atomic E-state index is 6.42. The molecule has 0 saturated carbocycles. The van der Waals surface area contributed by atoms with Crippen molar-refractivity contribution in [3.8, 4) is 0 Å². The Bertz CT molecular complexity index is 30.0. The molecular weight excluding hydrogens is 52.0 g/mol. The third-order valence-electron chi connectivity index (χ3n) is 0.167. The quantitative estimate of drug-likeness (QED) is 0.434. The van der Waals surface area contributed by atoms with Crippen LogP contribution in [0.1, 0.15) is 9.67 Å². The van der Waals surface area contributed by atoms with Crippen LogP contribution in [-0.2, 0) is 4.74 Å². The zero-order valence-electron chi connectivity index (χ0n) is 4.69. The fourth-order valence-electron chi connectivity index (χ4n) is 0. The summed E-state index contributed by atoms with van der Waals surface area (Å²) in [5.74, 6) is 0.